The fraction of sp³-hybridized carbons (Fsp3) is 0.263. The summed E-state index contributed by atoms with van der Waals surface area (Å²) in [5.74, 6) is 1.12. The molecular formula is C19H21NS. The van der Waals surface area contributed by atoms with Crippen molar-refractivity contribution in [2.24, 2.45) is 0 Å². The molecule has 1 unspecified atom stereocenters. The van der Waals surface area contributed by atoms with Crippen molar-refractivity contribution in [3.8, 4) is 0 Å². The van der Waals surface area contributed by atoms with E-state index in [1.807, 2.05) is 11.8 Å². The summed E-state index contributed by atoms with van der Waals surface area (Å²) in [6.07, 6.45) is 2.31. The predicted octanol–water partition coefficient (Wildman–Crippen LogP) is 4.88. The van der Waals surface area contributed by atoms with E-state index in [0.29, 0.717) is 6.04 Å². The molecule has 0 aromatic heterocycles. The van der Waals surface area contributed by atoms with Crippen LogP contribution in [0.1, 0.15) is 23.6 Å². The first-order valence-corrected chi connectivity index (χ1v) is 8.50. The smallest absolute Gasteiger partial charge is 0.0641 e. The molecule has 0 radical (unpaired) electrons. The summed E-state index contributed by atoms with van der Waals surface area (Å²) >= 11 is 1.89. The van der Waals surface area contributed by atoms with Gasteiger partial charge in [0.05, 0.1) is 11.1 Å². The highest BCUT2D eigenvalue weighted by molar-refractivity contribution is 8.03. The van der Waals surface area contributed by atoms with Crippen LogP contribution in [-0.4, -0.2) is 17.2 Å². The molecule has 0 bridgehead atoms. The van der Waals surface area contributed by atoms with Crippen molar-refractivity contribution >= 4 is 11.8 Å². The van der Waals surface area contributed by atoms with E-state index in [4.69, 9.17) is 0 Å². The normalized spacial score (nSPS) is 18.2. The van der Waals surface area contributed by atoms with Crippen LogP contribution in [0.2, 0.25) is 0 Å². The lowest BCUT2D eigenvalue weighted by Crippen LogP contribution is -2.24. The van der Waals surface area contributed by atoms with Crippen molar-refractivity contribution in [2.75, 3.05) is 12.3 Å². The first-order valence-electron chi connectivity index (χ1n) is 7.52. The van der Waals surface area contributed by atoms with Gasteiger partial charge in [0, 0.05) is 12.3 Å². The quantitative estimate of drug-likeness (QED) is 0.773. The van der Waals surface area contributed by atoms with Gasteiger partial charge in [0.2, 0.25) is 0 Å². The van der Waals surface area contributed by atoms with Gasteiger partial charge in [0.15, 0.2) is 0 Å². The summed E-state index contributed by atoms with van der Waals surface area (Å²) in [7, 11) is 0. The van der Waals surface area contributed by atoms with Crippen LogP contribution >= 0.6 is 11.8 Å². The highest BCUT2D eigenvalue weighted by atomic mass is 32.2. The van der Waals surface area contributed by atoms with Crippen LogP contribution in [0.5, 0.6) is 0 Å². The van der Waals surface area contributed by atoms with Crippen molar-refractivity contribution in [3.63, 3.8) is 0 Å². The van der Waals surface area contributed by atoms with Crippen LogP contribution < -0.4 is 0 Å². The van der Waals surface area contributed by atoms with E-state index < -0.39 is 0 Å². The SMILES string of the molecule is C=C1SCC(c2ccccc2)N1CCCc1ccccc1. The number of hydrogen-bond acceptors (Lipinski definition) is 2. The molecule has 108 valence electrons. The van der Waals surface area contributed by atoms with E-state index in [1.54, 1.807) is 0 Å². The molecule has 0 spiro atoms. The summed E-state index contributed by atoms with van der Waals surface area (Å²) in [5.41, 5.74) is 2.83. The highest BCUT2D eigenvalue weighted by Crippen LogP contribution is 2.40. The topological polar surface area (TPSA) is 3.24 Å². The zero-order valence-electron chi connectivity index (χ0n) is 12.2. The molecule has 21 heavy (non-hydrogen) atoms. The first kappa shape index (κ1) is 14.3. The number of hydrogen-bond donors (Lipinski definition) is 0. The fourth-order valence-electron chi connectivity index (χ4n) is 2.85. The van der Waals surface area contributed by atoms with Crippen LogP contribution in [0.15, 0.2) is 72.3 Å². The monoisotopic (exact) mass is 295 g/mol. The van der Waals surface area contributed by atoms with Gasteiger partial charge in [-0.25, -0.2) is 0 Å². The third-order valence-corrected chi connectivity index (χ3v) is 5.05. The van der Waals surface area contributed by atoms with E-state index in [9.17, 15) is 0 Å². The van der Waals surface area contributed by atoms with Gasteiger partial charge in [0.1, 0.15) is 0 Å². The average molecular weight is 295 g/mol. The van der Waals surface area contributed by atoms with Crippen LogP contribution in [0.25, 0.3) is 0 Å². The fourth-order valence-corrected chi connectivity index (χ4v) is 3.96. The minimum Gasteiger partial charge on any atom is -0.359 e. The second-order valence-electron chi connectivity index (χ2n) is 5.41. The minimum absolute atomic E-state index is 0.486. The summed E-state index contributed by atoms with van der Waals surface area (Å²) in [6, 6.07) is 22.0. The van der Waals surface area contributed by atoms with E-state index in [2.05, 4.69) is 72.1 Å². The number of rotatable bonds is 5. The molecule has 1 saturated heterocycles. The first-order chi connectivity index (χ1) is 10.3. The van der Waals surface area contributed by atoms with E-state index in [-0.39, 0.29) is 0 Å². The molecule has 0 saturated carbocycles. The maximum atomic E-state index is 4.23. The van der Waals surface area contributed by atoms with Crippen LogP contribution in [0.3, 0.4) is 0 Å². The number of benzene rings is 2. The molecule has 0 amide bonds. The molecular weight excluding hydrogens is 274 g/mol. The Morgan fingerprint density at radius 3 is 2.38 bits per heavy atom. The van der Waals surface area contributed by atoms with Crippen molar-refractivity contribution in [1.82, 2.24) is 4.90 Å². The van der Waals surface area contributed by atoms with Crippen molar-refractivity contribution in [2.45, 2.75) is 18.9 Å². The Morgan fingerprint density at radius 1 is 1.00 bits per heavy atom. The molecule has 1 aliphatic heterocycles. The Labute approximate surface area is 131 Å². The number of nitrogens with zero attached hydrogens (tertiary/aromatic N) is 1. The summed E-state index contributed by atoms with van der Waals surface area (Å²) in [5, 5.41) is 1.22. The zero-order chi connectivity index (χ0) is 14.5. The molecule has 1 aliphatic rings. The molecule has 0 aliphatic carbocycles. The third kappa shape index (κ3) is 3.51. The zero-order valence-corrected chi connectivity index (χ0v) is 13.1. The second-order valence-corrected chi connectivity index (χ2v) is 6.51. The van der Waals surface area contributed by atoms with E-state index in [1.165, 1.54) is 22.6 Å². The molecule has 1 nitrogen and oxygen atoms in total. The maximum Gasteiger partial charge on any atom is 0.0641 e. The van der Waals surface area contributed by atoms with Gasteiger partial charge in [-0.3, -0.25) is 0 Å². The maximum absolute atomic E-state index is 4.23. The standard InChI is InChI=1S/C19H21NS/c1-16-20(14-8-11-17-9-4-2-5-10-17)19(15-21-16)18-12-6-3-7-13-18/h2-7,9-10,12-13,19H,1,8,11,14-15H2. The molecule has 0 N–H and O–H groups in total. The Morgan fingerprint density at radius 2 is 1.67 bits per heavy atom. The van der Waals surface area contributed by atoms with Crippen molar-refractivity contribution < 1.29 is 0 Å². The average Bonchev–Trinajstić information content (AvgIpc) is 2.91. The lowest BCUT2D eigenvalue weighted by Gasteiger charge is -2.27. The summed E-state index contributed by atoms with van der Waals surface area (Å²) in [6.45, 7) is 5.31. The number of thioether (sulfide) groups is 1. The third-order valence-electron chi connectivity index (χ3n) is 4.00. The Bertz CT molecular complexity index is 579. The molecule has 2 heteroatoms. The van der Waals surface area contributed by atoms with Gasteiger partial charge in [-0.2, -0.15) is 0 Å². The lowest BCUT2D eigenvalue weighted by molar-refractivity contribution is 0.305. The second kappa shape index (κ2) is 6.86. The van der Waals surface area contributed by atoms with Crippen LogP contribution in [-0.2, 0) is 6.42 Å². The van der Waals surface area contributed by atoms with Gasteiger partial charge in [-0.15, -0.1) is 11.8 Å². The Balaban J connectivity index is 1.61. The van der Waals surface area contributed by atoms with Crippen molar-refractivity contribution in [1.29, 1.82) is 0 Å². The molecule has 2 aromatic rings. The van der Waals surface area contributed by atoms with Gasteiger partial charge in [-0.1, -0.05) is 67.2 Å². The van der Waals surface area contributed by atoms with E-state index in [0.717, 1.165) is 18.7 Å². The van der Waals surface area contributed by atoms with Gasteiger partial charge in [-0.05, 0) is 24.0 Å². The molecule has 1 heterocycles. The van der Waals surface area contributed by atoms with Crippen LogP contribution in [0, 0.1) is 0 Å². The molecule has 2 aromatic carbocycles. The largest absolute Gasteiger partial charge is 0.359 e. The highest BCUT2D eigenvalue weighted by Gasteiger charge is 2.28. The Kier molecular flexibility index (Phi) is 4.66. The van der Waals surface area contributed by atoms with Gasteiger partial charge >= 0.3 is 0 Å². The van der Waals surface area contributed by atoms with Crippen molar-refractivity contribution in [3.05, 3.63) is 83.4 Å². The molecule has 3 rings (SSSR count). The van der Waals surface area contributed by atoms with Gasteiger partial charge < -0.3 is 4.90 Å². The molecule has 1 atom stereocenters. The number of aryl methyl sites for hydroxylation is 1. The van der Waals surface area contributed by atoms with Crippen LogP contribution in [0.4, 0.5) is 0 Å². The predicted molar refractivity (Wildman–Crippen MR) is 92.3 cm³/mol. The summed E-state index contributed by atoms with van der Waals surface area (Å²) < 4.78 is 0. The minimum atomic E-state index is 0.486. The molecule has 1 fully saturated rings. The summed E-state index contributed by atoms with van der Waals surface area (Å²) in [4.78, 5) is 2.48. The van der Waals surface area contributed by atoms with E-state index >= 15 is 0 Å². The van der Waals surface area contributed by atoms with Gasteiger partial charge in [0.25, 0.3) is 0 Å². The lowest BCUT2D eigenvalue weighted by atomic mass is 10.1. The Hall–Kier alpha value is -1.67.